The maximum atomic E-state index is 4.31. The van der Waals surface area contributed by atoms with Gasteiger partial charge in [0.2, 0.25) is 0 Å². The van der Waals surface area contributed by atoms with Crippen LogP contribution in [0.1, 0.15) is 22.3 Å². The van der Waals surface area contributed by atoms with Crippen LogP contribution in [-0.4, -0.2) is 9.97 Å². The molecule has 51 heavy (non-hydrogen) atoms. The summed E-state index contributed by atoms with van der Waals surface area (Å²) in [5.41, 5.74) is 18.2. The summed E-state index contributed by atoms with van der Waals surface area (Å²) in [6.07, 6.45) is 3.88. The highest BCUT2D eigenvalue weighted by Crippen LogP contribution is 2.59. The molecule has 10 rings (SSSR count). The molecule has 0 saturated heterocycles. The zero-order valence-corrected chi connectivity index (χ0v) is 29.2. The first-order chi connectivity index (χ1) is 25.3. The Kier molecular flexibility index (Phi) is 7.12. The molecular formula is C47H30N2S2. The zero-order chi connectivity index (χ0) is 33.8. The second-order valence-electron chi connectivity index (χ2n) is 13.0. The van der Waals surface area contributed by atoms with Gasteiger partial charge in [-0.05, 0) is 89.7 Å². The van der Waals surface area contributed by atoms with Crippen LogP contribution < -0.4 is 0 Å². The minimum atomic E-state index is -0.535. The summed E-state index contributed by atoms with van der Waals surface area (Å²) in [6, 6.07) is 58.7. The maximum Gasteiger partial charge on any atom is 0.0797 e. The minimum absolute atomic E-state index is 0.535. The van der Waals surface area contributed by atoms with E-state index < -0.39 is 5.41 Å². The Bertz CT molecular complexity index is 2600. The SMILES string of the molecule is c1ccc(C2(c3ccccc3)c3cc(-c4ccc(-c5cncs5)cc4)ccc3-c3c2cc(-c2ccc(-c4cncs4)cc2)c2ccccc32)cc1. The van der Waals surface area contributed by atoms with Gasteiger partial charge in [-0.2, -0.15) is 0 Å². The Morgan fingerprint density at radius 1 is 0.392 bits per heavy atom. The van der Waals surface area contributed by atoms with Crippen molar-refractivity contribution in [3.05, 3.63) is 203 Å². The van der Waals surface area contributed by atoms with Crippen molar-refractivity contribution < 1.29 is 0 Å². The fourth-order valence-electron chi connectivity index (χ4n) is 8.12. The Hall–Kier alpha value is -5.94. The van der Waals surface area contributed by atoms with Crippen molar-refractivity contribution >= 4 is 33.4 Å². The number of thiazole rings is 2. The highest BCUT2D eigenvalue weighted by molar-refractivity contribution is 7.13. The molecule has 9 aromatic rings. The van der Waals surface area contributed by atoms with E-state index in [4.69, 9.17) is 0 Å². The van der Waals surface area contributed by atoms with E-state index >= 15 is 0 Å². The topological polar surface area (TPSA) is 25.8 Å². The van der Waals surface area contributed by atoms with E-state index in [2.05, 4.69) is 168 Å². The van der Waals surface area contributed by atoms with Crippen LogP contribution in [0.15, 0.2) is 181 Å². The van der Waals surface area contributed by atoms with Gasteiger partial charge in [-0.25, -0.2) is 0 Å². The van der Waals surface area contributed by atoms with Crippen molar-refractivity contribution in [1.82, 2.24) is 9.97 Å². The van der Waals surface area contributed by atoms with Gasteiger partial charge in [0.15, 0.2) is 0 Å². The molecule has 0 fully saturated rings. The van der Waals surface area contributed by atoms with E-state index in [1.165, 1.54) is 87.3 Å². The second kappa shape index (κ2) is 12.1. The van der Waals surface area contributed by atoms with Crippen molar-refractivity contribution in [2.75, 3.05) is 0 Å². The summed E-state index contributed by atoms with van der Waals surface area (Å²) in [7, 11) is 0. The number of hydrogen-bond acceptors (Lipinski definition) is 4. The van der Waals surface area contributed by atoms with E-state index in [1.54, 1.807) is 22.7 Å². The summed E-state index contributed by atoms with van der Waals surface area (Å²) < 4.78 is 0. The van der Waals surface area contributed by atoms with Gasteiger partial charge in [0.1, 0.15) is 0 Å². The first-order valence-electron chi connectivity index (χ1n) is 17.1. The van der Waals surface area contributed by atoms with Crippen LogP contribution in [0, 0.1) is 0 Å². The van der Waals surface area contributed by atoms with Crippen molar-refractivity contribution in [2.24, 2.45) is 0 Å². The molecule has 0 spiro atoms. The fourth-order valence-corrected chi connectivity index (χ4v) is 9.38. The highest BCUT2D eigenvalue weighted by atomic mass is 32.1. The Labute approximate surface area is 305 Å². The lowest BCUT2D eigenvalue weighted by molar-refractivity contribution is 0.769. The Morgan fingerprint density at radius 3 is 1.47 bits per heavy atom. The van der Waals surface area contributed by atoms with E-state index in [-0.39, 0.29) is 0 Å². The first-order valence-corrected chi connectivity index (χ1v) is 18.9. The number of aromatic nitrogens is 2. The van der Waals surface area contributed by atoms with Crippen molar-refractivity contribution in [3.8, 4) is 54.3 Å². The predicted molar refractivity (Wildman–Crippen MR) is 214 cm³/mol. The van der Waals surface area contributed by atoms with E-state index in [0.717, 1.165) is 0 Å². The molecule has 1 aliphatic carbocycles. The van der Waals surface area contributed by atoms with Crippen molar-refractivity contribution in [1.29, 1.82) is 0 Å². The molecule has 2 nitrogen and oxygen atoms in total. The summed E-state index contributed by atoms with van der Waals surface area (Å²) >= 11 is 3.34. The Balaban J connectivity index is 1.25. The summed E-state index contributed by atoms with van der Waals surface area (Å²) in [5.74, 6) is 0. The molecule has 0 N–H and O–H groups in total. The van der Waals surface area contributed by atoms with Crippen LogP contribution in [0.4, 0.5) is 0 Å². The van der Waals surface area contributed by atoms with Gasteiger partial charge in [-0.3, -0.25) is 9.97 Å². The molecular weight excluding hydrogens is 657 g/mol. The lowest BCUT2D eigenvalue weighted by atomic mass is 9.67. The third-order valence-corrected chi connectivity index (χ3v) is 12.0. The van der Waals surface area contributed by atoms with Gasteiger partial charge >= 0.3 is 0 Å². The van der Waals surface area contributed by atoms with Gasteiger partial charge in [-0.1, -0.05) is 146 Å². The van der Waals surface area contributed by atoms with Crippen LogP contribution in [-0.2, 0) is 5.41 Å². The normalized spacial score (nSPS) is 12.9. The molecule has 0 unspecified atom stereocenters. The molecule has 4 heteroatoms. The summed E-state index contributed by atoms with van der Waals surface area (Å²) in [5, 5.41) is 2.53. The van der Waals surface area contributed by atoms with Gasteiger partial charge in [-0.15, -0.1) is 22.7 Å². The van der Waals surface area contributed by atoms with Gasteiger partial charge in [0.25, 0.3) is 0 Å². The molecule has 7 aromatic carbocycles. The quantitative estimate of drug-likeness (QED) is 0.174. The molecule has 0 bridgehead atoms. The first kappa shape index (κ1) is 29.9. The molecule has 0 saturated carbocycles. The monoisotopic (exact) mass is 686 g/mol. The molecule has 2 aromatic heterocycles. The van der Waals surface area contributed by atoms with Crippen LogP contribution in [0.2, 0.25) is 0 Å². The van der Waals surface area contributed by atoms with E-state index in [1.807, 2.05) is 23.4 Å². The minimum Gasteiger partial charge on any atom is -0.252 e. The number of fused-ring (bicyclic) bond motifs is 5. The standard InChI is InChI=1S/C47H30N2S2/c1-3-9-36(10-4-1)47(37-11-5-2-6-12-37)42-25-35(31-15-19-33(20-16-31)44-27-48-29-50-44)23-24-40(42)46-39-14-8-7-13-38(39)41(26-43(46)47)32-17-21-34(22-18-32)45-28-49-30-51-45/h1-30H. The second-order valence-corrected chi connectivity index (χ2v) is 14.8. The van der Waals surface area contributed by atoms with E-state index in [0.29, 0.717) is 0 Å². The molecule has 0 amide bonds. The van der Waals surface area contributed by atoms with Crippen LogP contribution in [0.5, 0.6) is 0 Å². The Morgan fingerprint density at radius 2 is 0.902 bits per heavy atom. The van der Waals surface area contributed by atoms with Crippen molar-refractivity contribution in [3.63, 3.8) is 0 Å². The third-order valence-electron chi connectivity index (χ3n) is 10.4. The average molecular weight is 687 g/mol. The van der Waals surface area contributed by atoms with Crippen LogP contribution in [0.25, 0.3) is 65.0 Å². The molecule has 2 heterocycles. The lowest BCUT2D eigenvalue weighted by Gasteiger charge is -2.34. The average Bonchev–Trinajstić information content (AvgIpc) is 4.00. The highest BCUT2D eigenvalue weighted by Gasteiger charge is 2.47. The molecule has 1 aliphatic rings. The van der Waals surface area contributed by atoms with E-state index in [9.17, 15) is 0 Å². The molecule has 0 atom stereocenters. The zero-order valence-electron chi connectivity index (χ0n) is 27.5. The van der Waals surface area contributed by atoms with Crippen LogP contribution in [0.3, 0.4) is 0 Å². The maximum absolute atomic E-state index is 4.31. The number of benzene rings is 7. The molecule has 0 radical (unpaired) electrons. The summed E-state index contributed by atoms with van der Waals surface area (Å²) in [6.45, 7) is 0. The van der Waals surface area contributed by atoms with Gasteiger partial charge < -0.3 is 0 Å². The molecule has 240 valence electrons. The summed E-state index contributed by atoms with van der Waals surface area (Å²) in [4.78, 5) is 11.0. The van der Waals surface area contributed by atoms with Crippen LogP contribution >= 0.6 is 22.7 Å². The number of hydrogen-bond donors (Lipinski definition) is 0. The third kappa shape index (κ3) is 4.75. The van der Waals surface area contributed by atoms with Gasteiger partial charge in [0, 0.05) is 12.4 Å². The smallest absolute Gasteiger partial charge is 0.0797 e. The largest absolute Gasteiger partial charge is 0.252 e. The van der Waals surface area contributed by atoms with Crippen molar-refractivity contribution in [2.45, 2.75) is 5.41 Å². The lowest BCUT2D eigenvalue weighted by Crippen LogP contribution is -2.28. The molecule has 0 aliphatic heterocycles. The van der Waals surface area contributed by atoms with Gasteiger partial charge in [0.05, 0.1) is 26.2 Å². The number of rotatable bonds is 6. The number of nitrogens with zero attached hydrogens (tertiary/aromatic N) is 2. The fraction of sp³-hybridized carbons (Fsp3) is 0.0213. The predicted octanol–water partition coefficient (Wildman–Crippen LogP) is 12.8.